The Morgan fingerprint density at radius 2 is 1.04 bits per heavy atom. The lowest BCUT2D eigenvalue weighted by Crippen LogP contribution is -2.52. The smallest absolute Gasteiger partial charge is 0.00440 e. The zero-order valence-corrected chi connectivity index (χ0v) is 30.4. The van der Waals surface area contributed by atoms with Crippen LogP contribution in [0.3, 0.4) is 0 Å². The Labute approximate surface area is 286 Å². The van der Waals surface area contributed by atoms with Crippen molar-refractivity contribution in [3.8, 4) is 0 Å². The quantitative estimate of drug-likeness (QED) is 0.217. The third-order valence-corrected chi connectivity index (χ3v) is 16.6. The second kappa shape index (κ2) is 15.8. The first-order valence-corrected chi connectivity index (χ1v) is 21.7. The second-order valence-corrected chi connectivity index (χ2v) is 18.6. The standard InChI is InChI=1S/C46H73/c1-36(37-20-12-13-21-37)43(38-22-14-15-23-38)34-46(42-30-16-17-31-42,41-28-10-4-11-29-41)44(39-24-6-2-7-25-39)35-45(32-18-5-19-33-45)40-26-8-3-9-27-40/h8-9,26-27,36-39,41-44H,2,4-7,10-25,28-35H2,1H3. The Morgan fingerprint density at radius 3 is 1.63 bits per heavy atom. The van der Waals surface area contributed by atoms with Crippen molar-refractivity contribution in [2.24, 2.45) is 52.8 Å². The summed E-state index contributed by atoms with van der Waals surface area (Å²) in [6.07, 6.45) is 44.3. The highest BCUT2D eigenvalue weighted by atomic mass is 14.6. The van der Waals surface area contributed by atoms with Gasteiger partial charge < -0.3 is 0 Å². The summed E-state index contributed by atoms with van der Waals surface area (Å²) in [4.78, 5) is 0. The van der Waals surface area contributed by atoms with Crippen molar-refractivity contribution in [3.63, 3.8) is 0 Å². The summed E-state index contributed by atoms with van der Waals surface area (Å²) in [5, 5.41) is 0. The molecule has 6 saturated carbocycles. The molecule has 4 unspecified atom stereocenters. The molecule has 0 heterocycles. The van der Waals surface area contributed by atoms with Gasteiger partial charge in [-0.1, -0.05) is 166 Å². The fraction of sp³-hybridized carbons (Fsp3) is 0.870. The van der Waals surface area contributed by atoms with Crippen LogP contribution in [0.5, 0.6) is 0 Å². The van der Waals surface area contributed by atoms with Crippen LogP contribution >= 0.6 is 0 Å². The van der Waals surface area contributed by atoms with Crippen LogP contribution in [0.2, 0.25) is 0 Å². The Bertz CT molecular complexity index is 1000. The van der Waals surface area contributed by atoms with Gasteiger partial charge in [-0.25, -0.2) is 0 Å². The first-order valence-electron chi connectivity index (χ1n) is 21.7. The molecule has 6 aliphatic rings. The van der Waals surface area contributed by atoms with E-state index < -0.39 is 0 Å². The Morgan fingerprint density at radius 1 is 0.587 bits per heavy atom. The molecule has 6 aliphatic carbocycles. The maximum absolute atomic E-state index is 3.43. The molecule has 7 rings (SSSR count). The lowest BCUT2D eigenvalue weighted by Gasteiger charge is -2.59. The minimum absolute atomic E-state index is 0.411. The molecule has 0 bridgehead atoms. The fourth-order valence-corrected chi connectivity index (χ4v) is 14.3. The zero-order valence-electron chi connectivity index (χ0n) is 30.4. The summed E-state index contributed by atoms with van der Waals surface area (Å²) in [6.45, 7) is 2.82. The van der Waals surface area contributed by atoms with Crippen molar-refractivity contribution in [1.29, 1.82) is 0 Å². The van der Waals surface area contributed by atoms with Gasteiger partial charge in [0, 0.05) is 0 Å². The van der Waals surface area contributed by atoms with Gasteiger partial charge >= 0.3 is 0 Å². The zero-order chi connectivity index (χ0) is 31.2. The van der Waals surface area contributed by atoms with Crippen molar-refractivity contribution < 1.29 is 0 Å². The van der Waals surface area contributed by atoms with Crippen LogP contribution in [0.15, 0.2) is 24.3 Å². The molecule has 0 aromatic heterocycles. The molecule has 0 nitrogen and oxygen atoms in total. The number of hydrogen-bond donors (Lipinski definition) is 0. The van der Waals surface area contributed by atoms with E-state index in [1.54, 1.807) is 76.2 Å². The van der Waals surface area contributed by atoms with Crippen molar-refractivity contribution in [2.75, 3.05) is 0 Å². The molecular formula is C46H73. The van der Waals surface area contributed by atoms with E-state index in [1.807, 2.05) is 0 Å². The summed E-state index contributed by atoms with van der Waals surface area (Å²) in [5.41, 5.74) is 2.71. The molecule has 0 heteroatoms. The van der Waals surface area contributed by atoms with Crippen LogP contribution < -0.4 is 0 Å². The molecule has 257 valence electrons. The molecule has 0 saturated heterocycles. The van der Waals surface area contributed by atoms with Crippen molar-refractivity contribution >= 4 is 0 Å². The lowest BCUT2D eigenvalue weighted by molar-refractivity contribution is -0.0952. The van der Waals surface area contributed by atoms with Crippen LogP contribution in [0, 0.1) is 58.8 Å². The minimum atomic E-state index is 0.411. The Hall–Kier alpha value is -0.780. The van der Waals surface area contributed by atoms with E-state index in [4.69, 9.17) is 0 Å². The first-order chi connectivity index (χ1) is 22.7. The van der Waals surface area contributed by atoms with E-state index in [-0.39, 0.29) is 0 Å². The van der Waals surface area contributed by atoms with Crippen molar-refractivity contribution in [2.45, 2.75) is 199 Å². The molecule has 1 aromatic carbocycles. The molecule has 0 aliphatic heterocycles. The monoisotopic (exact) mass is 626 g/mol. The molecule has 1 aromatic rings. The fourth-order valence-electron chi connectivity index (χ4n) is 14.3. The van der Waals surface area contributed by atoms with E-state index >= 15 is 0 Å². The van der Waals surface area contributed by atoms with Gasteiger partial charge in [0.2, 0.25) is 0 Å². The molecular weight excluding hydrogens is 553 g/mol. The van der Waals surface area contributed by atoms with Gasteiger partial charge in [-0.05, 0) is 121 Å². The molecule has 6 fully saturated rings. The highest BCUT2D eigenvalue weighted by Gasteiger charge is 2.57. The maximum Gasteiger partial charge on any atom is -0.00440 e. The van der Waals surface area contributed by atoms with E-state index in [0.29, 0.717) is 10.8 Å². The van der Waals surface area contributed by atoms with Gasteiger partial charge in [0.05, 0.1) is 0 Å². The predicted molar refractivity (Wildman–Crippen MR) is 197 cm³/mol. The Kier molecular flexibility index (Phi) is 11.6. The maximum atomic E-state index is 3.43. The summed E-state index contributed by atoms with van der Waals surface area (Å²) in [5.74, 6) is 7.94. The second-order valence-electron chi connectivity index (χ2n) is 18.6. The summed E-state index contributed by atoms with van der Waals surface area (Å²) >= 11 is 0. The summed E-state index contributed by atoms with van der Waals surface area (Å²) < 4.78 is 0. The molecule has 1 radical (unpaired) electrons. The van der Waals surface area contributed by atoms with Gasteiger partial charge in [-0.3, -0.25) is 0 Å². The van der Waals surface area contributed by atoms with E-state index in [2.05, 4.69) is 37.3 Å². The third kappa shape index (κ3) is 7.09. The number of benzene rings is 1. The van der Waals surface area contributed by atoms with Gasteiger partial charge in [0.25, 0.3) is 0 Å². The predicted octanol–water partition coefficient (Wildman–Crippen LogP) is 14.1. The highest BCUT2D eigenvalue weighted by Crippen LogP contribution is 2.65. The summed E-state index contributed by atoms with van der Waals surface area (Å²) in [7, 11) is 0. The van der Waals surface area contributed by atoms with E-state index in [9.17, 15) is 0 Å². The topological polar surface area (TPSA) is 0 Å². The van der Waals surface area contributed by atoms with Gasteiger partial charge in [0.1, 0.15) is 0 Å². The Balaban J connectivity index is 1.36. The molecule has 4 atom stereocenters. The largest absolute Gasteiger partial charge is 0.0620 e. The first kappa shape index (κ1) is 33.7. The average Bonchev–Trinajstić information content (AvgIpc) is 3.95. The summed E-state index contributed by atoms with van der Waals surface area (Å²) in [6, 6.07) is 13.0. The van der Waals surface area contributed by atoms with Gasteiger partial charge in [-0.15, -0.1) is 0 Å². The molecule has 0 N–H and O–H groups in total. The van der Waals surface area contributed by atoms with Crippen LogP contribution in [-0.4, -0.2) is 0 Å². The minimum Gasteiger partial charge on any atom is -0.0620 e. The normalized spacial score (nSPS) is 29.5. The number of hydrogen-bond acceptors (Lipinski definition) is 0. The molecule has 46 heavy (non-hydrogen) atoms. The average molecular weight is 626 g/mol. The van der Waals surface area contributed by atoms with E-state index in [1.165, 1.54) is 116 Å². The lowest BCUT2D eigenvalue weighted by atomic mass is 9.45. The van der Waals surface area contributed by atoms with Crippen LogP contribution in [0.1, 0.15) is 199 Å². The van der Waals surface area contributed by atoms with E-state index in [0.717, 1.165) is 47.3 Å². The van der Waals surface area contributed by atoms with Crippen LogP contribution in [0.25, 0.3) is 0 Å². The van der Waals surface area contributed by atoms with Crippen LogP contribution in [-0.2, 0) is 5.41 Å². The molecule has 0 amide bonds. The van der Waals surface area contributed by atoms with Gasteiger partial charge in [-0.2, -0.15) is 0 Å². The highest BCUT2D eigenvalue weighted by molar-refractivity contribution is 5.26. The van der Waals surface area contributed by atoms with Crippen molar-refractivity contribution in [1.82, 2.24) is 0 Å². The number of rotatable bonds is 12. The van der Waals surface area contributed by atoms with Gasteiger partial charge in [0.15, 0.2) is 0 Å². The van der Waals surface area contributed by atoms with Crippen molar-refractivity contribution in [3.05, 3.63) is 35.9 Å². The SMILES string of the molecule is CC(C1CCCC1)C(CC(C1CCCCC1)(C1CCCC1)C(CC1(c2cc[c]cc2)CCCCC1)C1CCCCC1)C1CCCC1. The van der Waals surface area contributed by atoms with Crippen LogP contribution in [0.4, 0.5) is 0 Å². The third-order valence-electron chi connectivity index (χ3n) is 16.6. The molecule has 0 spiro atoms.